The summed E-state index contributed by atoms with van der Waals surface area (Å²) in [5.74, 6) is -1.22. The number of unbranched alkanes of at least 4 members (excludes halogenated alkanes) is 5. The van der Waals surface area contributed by atoms with E-state index < -0.39 is 37.7 Å². The summed E-state index contributed by atoms with van der Waals surface area (Å²) < 4.78 is 33.3. The van der Waals surface area contributed by atoms with Gasteiger partial charge in [-0.15, -0.1) is 0 Å². The lowest BCUT2D eigenvalue weighted by atomic mass is 9.90. The van der Waals surface area contributed by atoms with E-state index in [1.54, 1.807) is 0 Å². The van der Waals surface area contributed by atoms with Crippen LogP contribution >= 0.6 is 0 Å². The predicted molar refractivity (Wildman–Crippen MR) is 155 cm³/mol. The molecular weight excluding hydrogens is 500 g/mol. The van der Waals surface area contributed by atoms with Crippen LogP contribution in [-0.2, 0) is 31.1 Å². The van der Waals surface area contributed by atoms with Crippen LogP contribution in [0.25, 0.3) is 0 Å². The summed E-state index contributed by atoms with van der Waals surface area (Å²) >= 11 is 0. The monoisotopic (exact) mass is 546 g/mol. The first-order valence-corrected chi connectivity index (χ1v) is 16.0. The number of ether oxygens (including phenoxy) is 1. The predicted octanol–water partition coefficient (Wildman–Crippen LogP) is 7.89. The van der Waals surface area contributed by atoms with Gasteiger partial charge in [-0.05, 0) is 71.2 Å². The minimum atomic E-state index is -1.57. The van der Waals surface area contributed by atoms with E-state index in [-0.39, 0.29) is 11.9 Å². The molecule has 1 unspecified atom stereocenters. The summed E-state index contributed by atoms with van der Waals surface area (Å²) in [6.07, 6.45) is 7.34. The maximum absolute atomic E-state index is 14.1. The fraction of sp³-hybridized carbons (Fsp3) is 0.581. The second kappa shape index (κ2) is 15.0. The summed E-state index contributed by atoms with van der Waals surface area (Å²) in [5, 5.41) is 0. The summed E-state index contributed by atoms with van der Waals surface area (Å²) in [6, 6.07) is 15.1. The lowest BCUT2D eigenvalue weighted by molar-refractivity contribution is -0.161. The fourth-order valence-electron chi connectivity index (χ4n) is 4.36. The Bertz CT molecular complexity index is 965. The Morgan fingerprint density at radius 1 is 0.784 bits per heavy atom. The average Bonchev–Trinajstić information content (AvgIpc) is 2.84. The molecule has 37 heavy (non-hydrogen) atoms. The Kier molecular flexibility index (Phi) is 12.7. The number of hydrogen-bond acceptors (Lipinski definition) is 4. The summed E-state index contributed by atoms with van der Waals surface area (Å²) in [4.78, 5) is 14.5. The molecule has 0 N–H and O–H groups in total. The molecule has 0 fully saturated rings. The van der Waals surface area contributed by atoms with Gasteiger partial charge in [-0.25, -0.2) is 0 Å². The van der Waals surface area contributed by atoms with Gasteiger partial charge in [-0.3, -0.25) is 13.2 Å². The Balaban J connectivity index is 2.47. The van der Waals surface area contributed by atoms with Gasteiger partial charge in [-0.2, -0.15) is 0 Å². The van der Waals surface area contributed by atoms with Gasteiger partial charge in [0.15, 0.2) is 0 Å². The Morgan fingerprint density at radius 2 is 1.22 bits per heavy atom. The molecule has 6 heteroatoms. The average molecular weight is 547 g/mol. The van der Waals surface area contributed by atoms with E-state index in [4.69, 9.17) is 4.74 Å². The van der Waals surface area contributed by atoms with E-state index in [2.05, 4.69) is 6.92 Å². The van der Waals surface area contributed by atoms with Crippen molar-refractivity contribution in [3.05, 3.63) is 59.7 Å². The second-order valence-corrected chi connectivity index (χ2v) is 14.6. The van der Waals surface area contributed by atoms with Gasteiger partial charge in [-0.1, -0.05) is 87.8 Å². The van der Waals surface area contributed by atoms with Crippen LogP contribution in [0, 0.1) is 25.7 Å². The zero-order chi connectivity index (χ0) is 27.6. The van der Waals surface area contributed by atoms with Crippen LogP contribution in [0.4, 0.5) is 0 Å². The maximum Gasteiger partial charge on any atom is 0.309 e. The van der Waals surface area contributed by atoms with Gasteiger partial charge < -0.3 is 4.74 Å². The van der Waals surface area contributed by atoms with Crippen molar-refractivity contribution in [3.8, 4) is 0 Å². The molecule has 0 aromatic heterocycles. The molecule has 0 bridgehead atoms. The van der Waals surface area contributed by atoms with Crippen molar-refractivity contribution in [2.75, 3.05) is 0 Å². The molecule has 4 atom stereocenters. The molecule has 2 rings (SSSR count). The molecule has 2 aromatic rings. The lowest BCUT2D eigenvalue weighted by Crippen LogP contribution is -2.39. The first-order chi connectivity index (χ1) is 17.4. The van der Waals surface area contributed by atoms with Crippen LogP contribution in [0.15, 0.2) is 58.3 Å². The van der Waals surface area contributed by atoms with Crippen molar-refractivity contribution in [2.24, 2.45) is 11.8 Å². The normalized spacial score (nSPS) is 15.2. The highest BCUT2D eigenvalue weighted by atomic mass is 32.2. The van der Waals surface area contributed by atoms with Gasteiger partial charge in [0.25, 0.3) is 0 Å². The molecule has 0 saturated heterocycles. The standard InChI is InChI=1S/C31H46O4S2/c1-8-9-10-11-12-13-14-28(25(4)29(32)35-31(5,6)7)30(36(33)26-19-15-23(2)16-20-26)37(34)27-21-17-24(3)18-22-27/h15-22,25,28,30H,8-14H2,1-7H3/t25?,28-,36+,37+/m1/s1. The number of benzene rings is 2. The van der Waals surface area contributed by atoms with E-state index >= 15 is 0 Å². The topological polar surface area (TPSA) is 60.4 Å². The molecule has 0 aliphatic rings. The van der Waals surface area contributed by atoms with Gasteiger partial charge >= 0.3 is 5.97 Å². The van der Waals surface area contributed by atoms with Crippen molar-refractivity contribution in [1.29, 1.82) is 0 Å². The molecule has 0 aliphatic heterocycles. The quantitative estimate of drug-likeness (QED) is 0.179. The Hall–Kier alpha value is -1.79. The smallest absolute Gasteiger partial charge is 0.309 e. The third-order valence-corrected chi connectivity index (χ3v) is 10.7. The minimum absolute atomic E-state index is 0.324. The molecule has 0 amide bonds. The first kappa shape index (κ1) is 31.4. The largest absolute Gasteiger partial charge is 0.460 e. The van der Waals surface area contributed by atoms with Crippen molar-refractivity contribution < 1.29 is 17.9 Å². The van der Waals surface area contributed by atoms with Crippen molar-refractivity contribution in [2.45, 2.75) is 113 Å². The lowest BCUT2D eigenvalue weighted by Gasteiger charge is -2.32. The van der Waals surface area contributed by atoms with Gasteiger partial charge in [0.1, 0.15) is 10.2 Å². The van der Waals surface area contributed by atoms with Crippen molar-refractivity contribution >= 4 is 27.6 Å². The fourth-order valence-corrected chi connectivity index (χ4v) is 8.39. The van der Waals surface area contributed by atoms with Gasteiger partial charge in [0.05, 0.1) is 27.5 Å². The number of rotatable bonds is 14. The SMILES string of the molecule is CCCCCCCC[C@H](C(C)C(=O)OC(C)(C)C)C([S@@](=O)c1ccc(C)cc1)[S@@](=O)c1ccc(C)cc1. The highest BCUT2D eigenvalue weighted by Gasteiger charge is 2.40. The first-order valence-electron chi connectivity index (χ1n) is 13.6. The molecule has 0 aliphatic carbocycles. The third-order valence-electron chi connectivity index (χ3n) is 6.59. The summed E-state index contributed by atoms with van der Waals surface area (Å²) in [6.45, 7) is 13.6. The van der Waals surface area contributed by atoms with Crippen LogP contribution in [-0.4, -0.2) is 24.6 Å². The molecule has 2 aromatic carbocycles. The number of aryl methyl sites for hydroxylation is 2. The highest BCUT2D eigenvalue weighted by Crippen LogP contribution is 2.35. The summed E-state index contributed by atoms with van der Waals surface area (Å²) in [7, 11) is -3.15. The molecule has 206 valence electrons. The molecular formula is C31H46O4S2. The highest BCUT2D eigenvalue weighted by molar-refractivity contribution is 8.03. The van der Waals surface area contributed by atoms with Gasteiger partial charge in [0, 0.05) is 9.79 Å². The Morgan fingerprint density at radius 3 is 1.65 bits per heavy atom. The number of carbonyl (C=O) groups excluding carboxylic acids is 1. The van der Waals surface area contributed by atoms with Crippen LogP contribution in [0.3, 0.4) is 0 Å². The molecule has 0 radical (unpaired) electrons. The Labute approximate surface area is 229 Å². The van der Waals surface area contributed by atoms with Crippen molar-refractivity contribution in [1.82, 2.24) is 0 Å². The van der Waals surface area contributed by atoms with Crippen LogP contribution in [0.5, 0.6) is 0 Å². The minimum Gasteiger partial charge on any atom is -0.460 e. The third kappa shape index (κ3) is 10.1. The molecule has 0 spiro atoms. The molecule has 4 nitrogen and oxygen atoms in total. The number of hydrogen-bond donors (Lipinski definition) is 0. The van der Waals surface area contributed by atoms with E-state index in [1.807, 2.05) is 90.1 Å². The van der Waals surface area contributed by atoms with E-state index in [0.717, 1.165) is 30.4 Å². The number of esters is 1. The zero-order valence-corrected chi connectivity index (χ0v) is 25.4. The molecule has 0 heterocycles. The second-order valence-electron chi connectivity index (χ2n) is 11.1. The van der Waals surface area contributed by atoms with Crippen molar-refractivity contribution in [3.63, 3.8) is 0 Å². The van der Waals surface area contributed by atoms with E-state index in [9.17, 15) is 13.2 Å². The molecule has 0 saturated carbocycles. The van der Waals surface area contributed by atoms with E-state index in [1.165, 1.54) is 19.3 Å². The maximum atomic E-state index is 14.1. The van der Waals surface area contributed by atoms with Crippen LogP contribution < -0.4 is 0 Å². The van der Waals surface area contributed by atoms with Gasteiger partial charge in [0.2, 0.25) is 0 Å². The number of carbonyl (C=O) groups is 1. The van der Waals surface area contributed by atoms with Crippen LogP contribution in [0.1, 0.15) is 90.7 Å². The summed E-state index contributed by atoms with van der Waals surface area (Å²) in [5.41, 5.74) is 1.52. The van der Waals surface area contributed by atoms with Crippen LogP contribution in [0.2, 0.25) is 0 Å². The van der Waals surface area contributed by atoms with E-state index in [0.29, 0.717) is 16.2 Å². The zero-order valence-electron chi connectivity index (χ0n) is 23.8.